The summed E-state index contributed by atoms with van der Waals surface area (Å²) < 4.78 is 13.5. The Balaban J connectivity index is 1.30. The zero-order valence-electron chi connectivity index (χ0n) is 16.4. The zero-order chi connectivity index (χ0) is 21.8. The first-order valence-electron chi connectivity index (χ1n) is 9.63. The van der Waals surface area contributed by atoms with E-state index in [9.17, 15) is 18.8 Å². The quantitative estimate of drug-likeness (QED) is 0.609. The Morgan fingerprint density at radius 2 is 1.74 bits per heavy atom. The van der Waals surface area contributed by atoms with Gasteiger partial charge in [0.1, 0.15) is 5.82 Å². The minimum absolute atomic E-state index is 0.0879. The number of nitrogens with one attached hydrogen (secondary N) is 1. The van der Waals surface area contributed by atoms with Crippen LogP contribution in [-0.2, 0) is 4.79 Å². The van der Waals surface area contributed by atoms with Crippen LogP contribution in [0.3, 0.4) is 0 Å². The number of imide groups is 1. The molecule has 2 aromatic rings. The maximum absolute atomic E-state index is 13.0. The summed E-state index contributed by atoms with van der Waals surface area (Å²) in [6.45, 7) is 0.251. The molecule has 9 heteroatoms. The van der Waals surface area contributed by atoms with Gasteiger partial charge in [0.25, 0.3) is 17.1 Å². The van der Waals surface area contributed by atoms with E-state index in [0.29, 0.717) is 15.7 Å². The highest BCUT2D eigenvalue weighted by atomic mass is 32.2. The summed E-state index contributed by atoms with van der Waals surface area (Å²) >= 11 is 4.66. The lowest BCUT2D eigenvalue weighted by atomic mass is 10.1. The molecule has 3 amide bonds. The summed E-state index contributed by atoms with van der Waals surface area (Å²) in [6.07, 6.45) is 1.56. The molecule has 160 valence electrons. The summed E-state index contributed by atoms with van der Waals surface area (Å²) in [7, 11) is 0. The molecule has 0 unspecified atom stereocenters. The van der Waals surface area contributed by atoms with Gasteiger partial charge in [-0.05, 0) is 53.2 Å². The molecule has 0 saturated carbocycles. The Hall–Kier alpha value is -2.23. The molecular formula is C22H19FN2O3S3. The number of halogens is 1. The van der Waals surface area contributed by atoms with Gasteiger partial charge >= 0.3 is 0 Å². The summed E-state index contributed by atoms with van der Waals surface area (Å²) in [6, 6.07) is 13.2. The highest BCUT2D eigenvalue weighted by Crippen LogP contribution is 2.45. The van der Waals surface area contributed by atoms with Crippen molar-refractivity contribution in [2.24, 2.45) is 0 Å². The van der Waals surface area contributed by atoms with E-state index >= 15 is 0 Å². The van der Waals surface area contributed by atoms with Gasteiger partial charge in [-0.25, -0.2) is 4.39 Å². The van der Waals surface area contributed by atoms with Gasteiger partial charge in [-0.15, -0.1) is 23.5 Å². The number of carbonyl (C=O) groups is 3. The monoisotopic (exact) mass is 474 g/mol. The third-order valence-corrected chi connectivity index (χ3v) is 8.74. The van der Waals surface area contributed by atoms with Crippen LogP contribution < -0.4 is 5.32 Å². The Kier molecular flexibility index (Phi) is 7.04. The molecule has 0 atom stereocenters. The van der Waals surface area contributed by atoms with Gasteiger partial charge in [0.2, 0.25) is 0 Å². The Morgan fingerprint density at radius 3 is 2.42 bits per heavy atom. The third kappa shape index (κ3) is 5.34. The van der Waals surface area contributed by atoms with Crippen molar-refractivity contribution < 1.29 is 18.8 Å². The SMILES string of the molecule is O=C(NCCN1C(=O)S/C(=C\c2ccc(F)cc2)C1=O)c1ccc(C2SCCS2)cc1. The molecule has 2 fully saturated rings. The van der Waals surface area contributed by atoms with Crippen molar-refractivity contribution >= 4 is 58.4 Å². The number of hydrogen-bond donors (Lipinski definition) is 1. The fourth-order valence-electron chi connectivity index (χ4n) is 3.13. The summed E-state index contributed by atoms with van der Waals surface area (Å²) in [5.41, 5.74) is 2.38. The van der Waals surface area contributed by atoms with E-state index in [1.807, 2.05) is 35.7 Å². The average Bonchev–Trinajstić information content (AvgIpc) is 3.40. The molecule has 0 spiro atoms. The van der Waals surface area contributed by atoms with Crippen LogP contribution in [0.25, 0.3) is 6.08 Å². The lowest BCUT2D eigenvalue weighted by Crippen LogP contribution is -2.37. The molecule has 2 aliphatic rings. The molecular weight excluding hydrogens is 455 g/mol. The van der Waals surface area contributed by atoms with E-state index in [4.69, 9.17) is 0 Å². The number of benzene rings is 2. The van der Waals surface area contributed by atoms with Gasteiger partial charge in [-0.1, -0.05) is 24.3 Å². The smallest absolute Gasteiger partial charge is 0.293 e. The first-order valence-corrected chi connectivity index (χ1v) is 12.5. The highest BCUT2D eigenvalue weighted by Gasteiger charge is 2.34. The lowest BCUT2D eigenvalue weighted by molar-refractivity contribution is -0.122. The molecule has 31 heavy (non-hydrogen) atoms. The van der Waals surface area contributed by atoms with Crippen LogP contribution in [0.5, 0.6) is 0 Å². The Labute approximate surface area is 192 Å². The van der Waals surface area contributed by atoms with Gasteiger partial charge < -0.3 is 5.32 Å². The normalized spacial score (nSPS) is 18.2. The first-order chi connectivity index (χ1) is 15.0. The molecule has 0 aromatic heterocycles. The standard InChI is InChI=1S/C22H19FN2O3S3/c23-17-7-1-14(2-8-17)13-18-20(27)25(22(28)31-18)10-9-24-19(26)15-3-5-16(6-4-15)21-29-11-12-30-21/h1-8,13,21H,9-12H2,(H,24,26)/b18-13-. The van der Waals surface area contributed by atoms with E-state index in [1.54, 1.807) is 30.3 Å². The van der Waals surface area contributed by atoms with Gasteiger partial charge in [0, 0.05) is 30.2 Å². The van der Waals surface area contributed by atoms with Crippen LogP contribution in [0.1, 0.15) is 26.1 Å². The van der Waals surface area contributed by atoms with Crippen molar-refractivity contribution in [2.45, 2.75) is 4.58 Å². The molecule has 2 aromatic carbocycles. The maximum Gasteiger partial charge on any atom is 0.293 e. The molecule has 0 radical (unpaired) electrons. The highest BCUT2D eigenvalue weighted by molar-refractivity contribution is 8.19. The second-order valence-electron chi connectivity index (χ2n) is 6.84. The second-order valence-corrected chi connectivity index (χ2v) is 10.6. The van der Waals surface area contributed by atoms with Crippen molar-refractivity contribution in [3.63, 3.8) is 0 Å². The van der Waals surface area contributed by atoms with Crippen LogP contribution in [0.4, 0.5) is 9.18 Å². The predicted octanol–water partition coefficient (Wildman–Crippen LogP) is 4.77. The largest absolute Gasteiger partial charge is 0.350 e. The van der Waals surface area contributed by atoms with Crippen LogP contribution in [0, 0.1) is 5.82 Å². The lowest BCUT2D eigenvalue weighted by Gasteiger charge is -2.13. The van der Waals surface area contributed by atoms with Crippen LogP contribution in [0.15, 0.2) is 53.4 Å². The van der Waals surface area contributed by atoms with Gasteiger partial charge in [0.15, 0.2) is 0 Å². The van der Waals surface area contributed by atoms with Gasteiger partial charge in [-0.2, -0.15) is 0 Å². The van der Waals surface area contributed by atoms with Gasteiger partial charge in [0.05, 0.1) is 9.49 Å². The topological polar surface area (TPSA) is 66.5 Å². The number of hydrogen-bond acceptors (Lipinski definition) is 6. The zero-order valence-corrected chi connectivity index (χ0v) is 18.8. The fourth-order valence-corrected chi connectivity index (χ4v) is 6.85. The van der Waals surface area contributed by atoms with Crippen LogP contribution in [0.2, 0.25) is 0 Å². The number of amides is 3. The predicted molar refractivity (Wildman–Crippen MR) is 126 cm³/mol. The van der Waals surface area contributed by atoms with E-state index in [2.05, 4.69) is 5.32 Å². The molecule has 0 bridgehead atoms. The Morgan fingerprint density at radius 1 is 1.06 bits per heavy atom. The molecule has 1 N–H and O–H groups in total. The van der Waals surface area contributed by atoms with Crippen LogP contribution >= 0.6 is 35.3 Å². The summed E-state index contributed by atoms with van der Waals surface area (Å²) in [5, 5.41) is 2.38. The molecule has 5 nitrogen and oxygen atoms in total. The second kappa shape index (κ2) is 9.93. The minimum atomic E-state index is -0.413. The number of carbonyl (C=O) groups excluding carboxylic acids is 3. The van der Waals surface area contributed by atoms with E-state index < -0.39 is 5.91 Å². The fraction of sp³-hybridized carbons (Fsp3) is 0.227. The molecule has 0 aliphatic carbocycles. The molecule has 2 aliphatic heterocycles. The van der Waals surface area contributed by atoms with E-state index in [-0.39, 0.29) is 35.0 Å². The number of rotatable bonds is 6. The minimum Gasteiger partial charge on any atom is -0.350 e. The third-order valence-electron chi connectivity index (χ3n) is 4.73. The van der Waals surface area contributed by atoms with E-state index in [0.717, 1.165) is 28.2 Å². The van der Waals surface area contributed by atoms with Gasteiger partial charge in [-0.3, -0.25) is 19.3 Å². The molecule has 4 rings (SSSR count). The number of thioether (sulfide) groups is 3. The maximum atomic E-state index is 13.0. The Bertz CT molecular complexity index is 1020. The van der Waals surface area contributed by atoms with Crippen molar-refractivity contribution in [1.82, 2.24) is 10.2 Å². The van der Waals surface area contributed by atoms with E-state index in [1.165, 1.54) is 17.7 Å². The van der Waals surface area contributed by atoms with Crippen molar-refractivity contribution in [1.29, 1.82) is 0 Å². The molecule has 2 heterocycles. The average molecular weight is 475 g/mol. The van der Waals surface area contributed by atoms with Crippen molar-refractivity contribution in [3.05, 3.63) is 75.9 Å². The first kappa shape index (κ1) is 22.0. The van der Waals surface area contributed by atoms with Crippen LogP contribution in [-0.4, -0.2) is 46.5 Å². The summed E-state index contributed by atoms with van der Waals surface area (Å²) in [5.74, 6) is 1.26. The summed E-state index contributed by atoms with van der Waals surface area (Å²) in [4.78, 5) is 38.5. The van der Waals surface area contributed by atoms with Crippen molar-refractivity contribution in [3.8, 4) is 0 Å². The molecule has 2 saturated heterocycles. The number of nitrogens with zero attached hydrogens (tertiary/aromatic N) is 1. The van der Waals surface area contributed by atoms with Crippen molar-refractivity contribution in [2.75, 3.05) is 24.6 Å².